The third kappa shape index (κ3) is 3.75. The van der Waals surface area contributed by atoms with E-state index in [-0.39, 0.29) is 16.5 Å². The molecule has 1 N–H and O–H groups in total. The number of anilines is 1. The lowest BCUT2D eigenvalue weighted by atomic mass is 9.97. The normalized spacial score (nSPS) is 11.4. The second-order valence-electron chi connectivity index (χ2n) is 6.21. The van der Waals surface area contributed by atoms with E-state index in [1.165, 1.54) is 12.1 Å². The summed E-state index contributed by atoms with van der Waals surface area (Å²) in [7, 11) is -3.74. The van der Waals surface area contributed by atoms with Gasteiger partial charge in [-0.2, -0.15) is 0 Å². The van der Waals surface area contributed by atoms with Crippen LogP contribution in [0.1, 0.15) is 16.8 Å². The summed E-state index contributed by atoms with van der Waals surface area (Å²) in [5, 5.41) is 0. The molecule has 0 bridgehead atoms. The van der Waals surface area contributed by atoms with Crippen LogP contribution in [-0.4, -0.2) is 13.4 Å². The van der Waals surface area contributed by atoms with Gasteiger partial charge in [-0.15, -0.1) is 0 Å². The largest absolute Gasteiger partial charge is 0.263 e. The minimum absolute atomic E-state index is 0.154. The molecule has 26 heavy (non-hydrogen) atoms. The standard InChI is InChI=1S/C20H19FN2O2S/c1-13-11-16(21)7-9-18(13)19-10-8-17(12-14(19)2)26(24,25)23-20-6-4-5-15(3)22-20/h4-12H,1-3H3,(H,22,23). The SMILES string of the molecule is Cc1cccc(NS(=O)(=O)c2ccc(-c3ccc(F)cc3C)c(C)c2)n1. The van der Waals surface area contributed by atoms with Gasteiger partial charge in [-0.1, -0.05) is 18.2 Å². The smallest absolute Gasteiger partial charge is 0.263 e. The summed E-state index contributed by atoms with van der Waals surface area (Å²) >= 11 is 0. The Morgan fingerprint density at radius 1 is 0.885 bits per heavy atom. The number of aryl methyl sites for hydroxylation is 3. The van der Waals surface area contributed by atoms with Crippen LogP contribution in [0.4, 0.5) is 10.2 Å². The highest BCUT2D eigenvalue weighted by Gasteiger charge is 2.17. The van der Waals surface area contributed by atoms with E-state index in [0.29, 0.717) is 0 Å². The van der Waals surface area contributed by atoms with E-state index >= 15 is 0 Å². The van der Waals surface area contributed by atoms with Crippen LogP contribution >= 0.6 is 0 Å². The van der Waals surface area contributed by atoms with Crippen molar-refractivity contribution in [3.63, 3.8) is 0 Å². The number of aromatic nitrogens is 1. The number of sulfonamides is 1. The van der Waals surface area contributed by atoms with Crippen LogP contribution in [0.15, 0.2) is 59.5 Å². The molecule has 0 unspecified atom stereocenters. The van der Waals surface area contributed by atoms with Crippen LogP contribution in [0.25, 0.3) is 11.1 Å². The fraction of sp³-hybridized carbons (Fsp3) is 0.150. The number of pyridine rings is 1. The zero-order valence-corrected chi connectivity index (χ0v) is 15.6. The third-order valence-electron chi connectivity index (χ3n) is 4.11. The van der Waals surface area contributed by atoms with Gasteiger partial charge in [-0.05, 0) is 79.4 Å². The summed E-state index contributed by atoms with van der Waals surface area (Å²) in [5.74, 6) is -0.0148. The molecule has 1 heterocycles. The first-order valence-corrected chi connectivity index (χ1v) is 9.58. The van der Waals surface area contributed by atoms with Gasteiger partial charge in [0.2, 0.25) is 0 Å². The molecule has 0 aliphatic carbocycles. The maximum absolute atomic E-state index is 13.3. The molecule has 2 aromatic carbocycles. The van der Waals surface area contributed by atoms with Crippen molar-refractivity contribution in [1.82, 2.24) is 4.98 Å². The highest BCUT2D eigenvalue weighted by atomic mass is 32.2. The molecular weight excluding hydrogens is 351 g/mol. The van der Waals surface area contributed by atoms with Crippen LogP contribution in [0.2, 0.25) is 0 Å². The molecule has 0 atom stereocenters. The second-order valence-corrected chi connectivity index (χ2v) is 7.89. The molecule has 3 rings (SSSR count). The predicted octanol–water partition coefficient (Wildman–Crippen LogP) is 4.61. The van der Waals surface area contributed by atoms with Crippen molar-refractivity contribution >= 4 is 15.8 Å². The zero-order valence-electron chi connectivity index (χ0n) is 14.7. The van der Waals surface area contributed by atoms with Crippen LogP contribution in [0, 0.1) is 26.6 Å². The third-order valence-corrected chi connectivity index (χ3v) is 5.47. The summed E-state index contributed by atoms with van der Waals surface area (Å²) in [6.07, 6.45) is 0. The van der Waals surface area contributed by atoms with Gasteiger partial charge in [0.15, 0.2) is 0 Å². The quantitative estimate of drug-likeness (QED) is 0.729. The second kappa shape index (κ2) is 6.88. The van der Waals surface area contributed by atoms with E-state index in [0.717, 1.165) is 27.9 Å². The maximum atomic E-state index is 13.3. The Bertz CT molecular complexity index is 1080. The Hall–Kier alpha value is -2.73. The van der Waals surface area contributed by atoms with Gasteiger partial charge >= 0.3 is 0 Å². The molecule has 0 saturated carbocycles. The summed E-state index contributed by atoms with van der Waals surface area (Å²) in [6.45, 7) is 5.46. The zero-order chi connectivity index (χ0) is 18.9. The average Bonchev–Trinajstić information content (AvgIpc) is 2.55. The molecule has 0 amide bonds. The molecule has 0 aliphatic heterocycles. The molecule has 0 aliphatic rings. The first kappa shape index (κ1) is 18.1. The molecular formula is C20H19FN2O2S. The van der Waals surface area contributed by atoms with Crippen LogP contribution in [0.5, 0.6) is 0 Å². The molecule has 0 saturated heterocycles. The van der Waals surface area contributed by atoms with Crippen molar-refractivity contribution in [1.29, 1.82) is 0 Å². The Labute approximate surface area is 152 Å². The van der Waals surface area contributed by atoms with Crippen molar-refractivity contribution in [3.8, 4) is 11.1 Å². The monoisotopic (exact) mass is 370 g/mol. The average molecular weight is 370 g/mol. The predicted molar refractivity (Wildman–Crippen MR) is 101 cm³/mol. The van der Waals surface area contributed by atoms with Crippen molar-refractivity contribution < 1.29 is 12.8 Å². The molecule has 0 fully saturated rings. The van der Waals surface area contributed by atoms with Gasteiger partial charge in [0.25, 0.3) is 10.0 Å². The van der Waals surface area contributed by atoms with Gasteiger partial charge in [-0.25, -0.2) is 17.8 Å². The fourth-order valence-electron chi connectivity index (χ4n) is 2.83. The van der Waals surface area contributed by atoms with Crippen LogP contribution < -0.4 is 4.72 Å². The lowest BCUT2D eigenvalue weighted by Gasteiger charge is -2.13. The topological polar surface area (TPSA) is 59.1 Å². The minimum atomic E-state index is -3.74. The Balaban J connectivity index is 1.96. The van der Waals surface area contributed by atoms with Crippen molar-refractivity contribution in [3.05, 3.63) is 77.2 Å². The van der Waals surface area contributed by atoms with E-state index in [2.05, 4.69) is 9.71 Å². The summed E-state index contributed by atoms with van der Waals surface area (Å²) < 4.78 is 41.1. The van der Waals surface area contributed by atoms with E-state index in [9.17, 15) is 12.8 Å². The van der Waals surface area contributed by atoms with Gasteiger partial charge in [0, 0.05) is 5.69 Å². The molecule has 3 aromatic rings. The first-order chi connectivity index (χ1) is 12.3. The lowest BCUT2D eigenvalue weighted by Crippen LogP contribution is -2.14. The maximum Gasteiger partial charge on any atom is 0.263 e. The van der Waals surface area contributed by atoms with Crippen molar-refractivity contribution in [2.45, 2.75) is 25.7 Å². The Morgan fingerprint density at radius 3 is 2.15 bits per heavy atom. The van der Waals surface area contributed by atoms with Crippen LogP contribution in [0.3, 0.4) is 0 Å². The molecule has 6 heteroatoms. The number of hydrogen-bond acceptors (Lipinski definition) is 3. The molecule has 134 valence electrons. The van der Waals surface area contributed by atoms with Crippen molar-refractivity contribution in [2.24, 2.45) is 0 Å². The number of hydrogen-bond donors (Lipinski definition) is 1. The fourth-order valence-corrected chi connectivity index (χ4v) is 3.92. The highest BCUT2D eigenvalue weighted by molar-refractivity contribution is 7.92. The van der Waals surface area contributed by atoms with Gasteiger partial charge in [0.1, 0.15) is 11.6 Å². The van der Waals surface area contributed by atoms with E-state index < -0.39 is 10.0 Å². The summed E-state index contributed by atoms with van der Waals surface area (Å²) in [4.78, 5) is 4.32. The molecule has 4 nitrogen and oxygen atoms in total. The molecule has 0 radical (unpaired) electrons. The number of rotatable bonds is 4. The van der Waals surface area contributed by atoms with E-state index in [1.807, 2.05) is 13.8 Å². The first-order valence-electron chi connectivity index (χ1n) is 8.10. The van der Waals surface area contributed by atoms with E-state index in [4.69, 9.17) is 0 Å². The number of nitrogens with zero attached hydrogens (tertiary/aromatic N) is 1. The van der Waals surface area contributed by atoms with Crippen molar-refractivity contribution in [2.75, 3.05) is 4.72 Å². The van der Waals surface area contributed by atoms with Gasteiger partial charge in [0.05, 0.1) is 4.90 Å². The Kier molecular flexibility index (Phi) is 4.78. The highest BCUT2D eigenvalue weighted by Crippen LogP contribution is 2.29. The summed E-state index contributed by atoms with van der Waals surface area (Å²) in [5.41, 5.74) is 4.06. The molecule has 1 aromatic heterocycles. The lowest BCUT2D eigenvalue weighted by molar-refractivity contribution is 0.601. The van der Waals surface area contributed by atoms with E-state index in [1.54, 1.807) is 49.4 Å². The van der Waals surface area contributed by atoms with Gasteiger partial charge in [-0.3, -0.25) is 4.72 Å². The minimum Gasteiger partial charge on any atom is -0.263 e. The summed E-state index contributed by atoms with van der Waals surface area (Å²) in [6, 6.07) is 14.6. The van der Waals surface area contributed by atoms with Crippen LogP contribution in [-0.2, 0) is 10.0 Å². The Morgan fingerprint density at radius 2 is 1.54 bits per heavy atom. The number of benzene rings is 2. The number of halogens is 1. The number of nitrogens with one attached hydrogen (secondary N) is 1. The molecule has 0 spiro atoms. The van der Waals surface area contributed by atoms with Gasteiger partial charge < -0.3 is 0 Å².